The van der Waals surface area contributed by atoms with Gasteiger partial charge in [-0.3, -0.25) is 4.48 Å². The van der Waals surface area contributed by atoms with Crippen molar-refractivity contribution in [1.82, 2.24) is 0 Å². The number of quaternary nitrogens is 1. The van der Waals surface area contributed by atoms with E-state index in [1.165, 1.54) is 17.7 Å². The summed E-state index contributed by atoms with van der Waals surface area (Å²) in [5.74, 6) is 1.18. The molecule has 5 fully saturated rings. The summed E-state index contributed by atoms with van der Waals surface area (Å²) in [5, 5.41) is 23.6. The number of piperidine rings is 4. The molecule has 2 N–H and O–H groups in total. The summed E-state index contributed by atoms with van der Waals surface area (Å²) in [5.41, 5.74) is 2.56. The monoisotopic (exact) mass is 369 g/mol. The number of aliphatic hydroxyl groups excluding tert-OH is 2. The van der Waals surface area contributed by atoms with Crippen LogP contribution in [-0.2, 0) is 5.41 Å². The molecule has 0 amide bonds. The highest BCUT2D eigenvalue weighted by molar-refractivity contribution is 5.66. The van der Waals surface area contributed by atoms with Gasteiger partial charge in [-0.1, -0.05) is 32.0 Å². The van der Waals surface area contributed by atoms with Crippen molar-refractivity contribution in [2.75, 3.05) is 18.5 Å². The topological polar surface area (TPSA) is 43.7 Å². The Balaban J connectivity index is 1.62. The molecule has 27 heavy (non-hydrogen) atoms. The summed E-state index contributed by atoms with van der Waals surface area (Å²) in [6.45, 7) is 5.56. The molecule has 4 nitrogen and oxygen atoms in total. The van der Waals surface area contributed by atoms with Gasteiger partial charge in [-0.15, -0.1) is 0 Å². The fourth-order valence-electron chi connectivity index (χ4n) is 9.23. The van der Waals surface area contributed by atoms with Gasteiger partial charge in [0.25, 0.3) is 0 Å². The number of fused-ring (bicyclic) bond motifs is 2. The molecule has 7 rings (SSSR count). The molecule has 6 aliphatic rings. The Bertz CT molecular complexity index is 798. The number of nitrogens with zero attached hydrogens (tertiary/aromatic N) is 2. The van der Waals surface area contributed by atoms with Gasteiger partial charge < -0.3 is 15.1 Å². The smallest absolute Gasteiger partial charge is 0.194 e. The third kappa shape index (κ3) is 1.51. The third-order valence-electron chi connectivity index (χ3n) is 9.73. The molecular formula is C23H33N2O2+. The molecule has 5 aliphatic heterocycles. The predicted molar refractivity (Wildman–Crippen MR) is 105 cm³/mol. The summed E-state index contributed by atoms with van der Waals surface area (Å²) in [4.78, 5) is 2.48. The van der Waals surface area contributed by atoms with Gasteiger partial charge in [0, 0.05) is 37.4 Å². The van der Waals surface area contributed by atoms with E-state index in [9.17, 15) is 10.2 Å². The minimum Gasteiger partial charge on any atom is -0.392 e. The van der Waals surface area contributed by atoms with Crippen LogP contribution in [0, 0.1) is 17.8 Å². The van der Waals surface area contributed by atoms with E-state index in [0.717, 1.165) is 30.3 Å². The average molecular weight is 370 g/mol. The summed E-state index contributed by atoms with van der Waals surface area (Å²) in [6.07, 6.45) is 3.84. The van der Waals surface area contributed by atoms with Gasteiger partial charge in [0.15, 0.2) is 6.23 Å². The number of hydrogen-bond donors (Lipinski definition) is 2. The highest BCUT2D eigenvalue weighted by atomic mass is 16.3. The number of rotatable bonds is 3. The standard InChI is InChI=1S/C23H33N2O2/c1-4-10-25-17-11-14(13(5-2)22(25)27)19-18(25)12-23(21(19)26)15-8-6-7-9-16(15)24(3)20(17)23/h6-9,13-14,17-22,26-27H,4-5,10-12H2,1-3H3/q+1/t13?,14?,17?,18?,19?,20?,21?,22?,23-,25?/m1/s1. The lowest BCUT2D eigenvalue weighted by atomic mass is 9.60. The predicted octanol–water partition coefficient (Wildman–Crippen LogP) is 2.48. The number of benzene rings is 1. The third-order valence-corrected chi connectivity index (χ3v) is 9.73. The van der Waals surface area contributed by atoms with Crippen molar-refractivity contribution >= 4 is 5.69 Å². The number of likely N-dealkylation sites (N-methyl/N-ethyl adjacent to an activating group) is 1. The van der Waals surface area contributed by atoms with E-state index in [4.69, 9.17) is 0 Å². The van der Waals surface area contributed by atoms with Crippen LogP contribution in [0.3, 0.4) is 0 Å². The maximum absolute atomic E-state index is 11.9. The Morgan fingerprint density at radius 1 is 1.19 bits per heavy atom. The maximum Gasteiger partial charge on any atom is 0.194 e. The summed E-state index contributed by atoms with van der Waals surface area (Å²) < 4.78 is 0.873. The Hall–Kier alpha value is -1.10. The van der Waals surface area contributed by atoms with Crippen LogP contribution in [0.1, 0.15) is 45.1 Å². The summed E-state index contributed by atoms with van der Waals surface area (Å²) >= 11 is 0. The molecule has 1 aromatic carbocycles. The Morgan fingerprint density at radius 3 is 2.70 bits per heavy atom. The van der Waals surface area contributed by atoms with Gasteiger partial charge in [0.2, 0.25) is 0 Å². The second-order valence-electron chi connectivity index (χ2n) is 10.1. The molecule has 5 bridgehead atoms. The average Bonchev–Trinajstić information content (AvgIpc) is 3.06. The molecule has 5 heterocycles. The van der Waals surface area contributed by atoms with Gasteiger partial charge in [-0.25, -0.2) is 0 Å². The molecule has 1 saturated carbocycles. The highest BCUT2D eigenvalue weighted by Crippen LogP contribution is 2.71. The molecule has 1 aliphatic carbocycles. The van der Waals surface area contributed by atoms with Crippen molar-refractivity contribution in [2.45, 2.75) is 75.4 Å². The van der Waals surface area contributed by atoms with Crippen molar-refractivity contribution in [3.05, 3.63) is 29.8 Å². The quantitative estimate of drug-likeness (QED) is 0.805. The zero-order valence-corrected chi connectivity index (χ0v) is 16.8. The zero-order chi connectivity index (χ0) is 18.7. The van der Waals surface area contributed by atoms with Gasteiger partial charge in [0.05, 0.1) is 30.1 Å². The molecule has 0 radical (unpaired) electrons. The zero-order valence-electron chi connectivity index (χ0n) is 16.8. The first kappa shape index (κ1) is 16.8. The lowest BCUT2D eigenvalue weighted by Crippen LogP contribution is -2.83. The highest BCUT2D eigenvalue weighted by Gasteiger charge is 2.82. The first-order chi connectivity index (χ1) is 13.0. The molecule has 10 atom stereocenters. The van der Waals surface area contributed by atoms with Crippen LogP contribution in [0.2, 0.25) is 0 Å². The molecule has 1 aromatic rings. The largest absolute Gasteiger partial charge is 0.392 e. The van der Waals surface area contributed by atoms with Crippen molar-refractivity contribution in [1.29, 1.82) is 0 Å². The van der Waals surface area contributed by atoms with E-state index in [2.05, 4.69) is 50.1 Å². The first-order valence-corrected chi connectivity index (χ1v) is 11.1. The van der Waals surface area contributed by atoms with E-state index < -0.39 is 0 Å². The van der Waals surface area contributed by atoms with Crippen LogP contribution in [0.5, 0.6) is 0 Å². The lowest BCUT2D eigenvalue weighted by molar-refractivity contribution is -1.04. The number of para-hydroxylation sites is 1. The van der Waals surface area contributed by atoms with E-state index >= 15 is 0 Å². The molecule has 1 spiro atoms. The van der Waals surface area contributed by atoms with Crippen LogP contribution in [0.25, 0.3) is 0 Å². The van der Waals surface area contributed by atoms with Crippen molar-refractivity contribution in [3.8, 4) is 0 Å². The van der Waals surface area contributed by atoms with Crippen LogP contribution >= 0.6 is 0 Å². The van der Waals surface area contributed by atoms with Crippen LogP contribution in [0.15, 0.2) is 24.3 Å². The molecule has 0 aromatic heterocycles. The molecule has 9 unspecified atom stereocenters. The number of hydrogen-bond acceptors (Lipinski definition) is 3. The van der Waals surface area contributed by atoms with E-state index in [-0.39, 0.29) is 17.7 Å². The maximum atomic E-state index is 11.9. The van der Waals surface area contributed by atoms with Gasteiger partial charge in [-0.2, -0.15) is 0 Å². The van der Waals surface area contributed by atoms with E-state index in [1.54, 1.807) is 0 Å². The fourth-order valence-corrected chi connectivity index (χ4v) is 9.23. The normalized spacial score (nSPS) is 53.7. The van der Waals surface area contributed by atoms with Crippen molar-refractivity contribution in [2.24, 2.45) is 17.8 Å². The van der Waals surface area contributed by atoms with Crippen molar-refractivity contribution < 1.29 is 14.7 Å². The Labute approximate surface area is 162 Å². The Kier molecular flexibility index (Phi) is 3.17. The number of aliphatic hydroxyl groups is 2. The van der Waals surface area contributed by atoms with E-state index in [0.29, 0.717) is 35.9 Å². The first-order valence-electron chi connectivity index (χ1n) is 11.1. The van der Waals surface area contributed by atoms with E-state index in [1.807, 2.05) is 0 Å². The van der Waals surface area contributed by atoms with Crippen LogP contribution in [0.4, 0.5) is 5.69 Å². The lowest BCUT2D eigenvalue weighted by Gasteiger charge is -2.68. The van der Waals surface area contributed by atoms with Gasteiger partial charge in [0.1, 0.15) is 6.04 Å². The second kappa shape index (κ2) is 5.08. The SMILES string of the molecule is CCC[N+]12C(O)C(CC)C3CC1C1N(C)c4ccccc4[C@]14CC2C3C4O. The summed E-state index contributed by atoms with van der Waals surface area (Å²) in [7, 11) is 2.23. The van der Waals surface area contributed by atoms with Crippen molar-refractivity contribution in [3.63, 3.8) is 0 Å². The fraction of sp³-hybridized carbons (Fsp3) is 0.739. The molecule has 4 saturated heterocycles. The molecule has 146 valence electrons. The van der Waals surface area contributed by atoms with Crippen LogP contribution in [-0.4, -0.2) is 58.7 Å². The minimum atomic E-state index is -0.271. The number of anilines is 1. The van der Waals surface area contributed by atoms with Crippen LogP contribution < -0.4 is 4.90 Å². The van der Waals surface area contributed by atoms with Gasteiger partial charge >= 0.3 is 0 Å². The minimum absolute atomic E-state index is 0.127. The Morgan fingerprint density at radius 2 is 1.96 bits per heavy atom. The van der Waals surface area contributed by atoms with Gasteiger partial charge in [-0.05, 0) is 30.4 Å². The second-order valence-corrected chi connectivity index (χ2v) is 10.1. The molecule has 4 heteroatoms. The summed E-state index contributed by atoms with van der Waals surface area (Å²) in [6, 6.07) is 9.97. The molecular weight excluding hydrogens is 336 g/mol.